The van der Waals surface area contributed by atoms with Crippen molar-refractivity contribution in [2.75, 3.05) is 102 Å². The predicted octanol–water partition coefficient (Wildman–Crippen LogP) is -1.89. The highest BCUT2D eigenvalue weighted by Crippen LogP contribution is 2.07. The molecule has 0 radical (unpaired) electrons. The fourth-order valence-corrected chi connectivity index (χ4v) is 5.93. The Labute approximate surface area is 236 Å². The first kappa shape index (κ1) is 35.7. The summed E-state index contributed by atoms with van der Waals surface area (Å²) in [4.78, 5) is 6.60. The van der Waals surface area contributed by atoms with Crippen LogP contribution in [0.25, 0.3) is 10.4 Å². The number of hydrogen-bond donors (Lipinski definition) is 2. The molecule has 0 amide bonds. The lowest BCUT2D eigenvalue weighted by Crippen LogP contribution is -2.40. The molecule has 1 aromatic rings. The van der Waals surface area contributed by atoms with Crippen molar-refractivity contribution in [1.29, 1.82) is 0 Å². The number of nitrogens with two attached hydrogens (primary N) is 2. The van der Waals surface area contributed by atoms with E-state index in [0.29, 0.717) is 91.9 Å². The maximum Gasteiger partial charge on any atom is 0.152 e. The number of sulfone groups is 2. The Kier molecular flexibility index (Phi) is 18.3. The highest BCUT2D eigenvalue weighted by molar-refractivity contribution is 7.91. The van der Waals surface area contributed by atoms with E-state index in [1.165, 1.54) is 0 Å². The largest absolute Gasteiger partial charge is 0.380 e. The van der Waals surface area contributed by atoms with Crippen LogP contribution in [0.4, 0.5) is 0 Å². The van der Waals surface area contributed by atoms with E-state index in [-0.39, 0.29) is 23.0 Å². The fourth-order valence-electron chi connectivity index (χ4n) is 3.37. The van der Waals surface area contributed by atoms with Crippen molar-refractivity contribution in [3.05, 3.63) is 22.3 Å². The Hall–Kier alpha value is -2.33. The summed E-state index contributed by atoms with van der Waals surface area (Å²) in [6, 6.07) is 0. The normalized spacial score (nSPS) is 18.2. The van der Waals surface area contributed by atoms with Gasteiger partial charge in [-0.1, -0.05) is 16.2 Å². The lowest BCUT2D eigenvalue weighted by Gasteiger charge is -2.25. The molecular formula is C22H42N10O6S2. The summed E-state index contributed by atoms with van der Waals surface area (Å²) in [5.41, 5.74) is 19.1. The third-order valence-corrected chi connectivity index (χ3v) is 8.77. The van der Waals surface area contributed by atoms with Gasteiger partial charge in [-0.25, -0.2) is 21.5 Å². The van der Waals surface area contributed by atoms with Crippen molar-refractivity contribution in [2.45, 2.75) is 13.1 Å². The molecule has 228 valence electrons. The number of azide groups is 1. The molecule has 16 nitrogen and oxygen atoms in total. The van der Waals surface area contributed by atoms with Gasteiger partial charge in [0.1, 0.15) is 0 Å². The molecule has 3 rings (SSSR count). The van der Waals surface area contributed by atoms with E-state index in [9.17, 15) is 16.8 Å². The molecule has 0 aromatic carbocycles. The zero-order valence-corrected chi connectivity index (χ0v) is 24.5. The van der Waals surface area contributed by atoms with Crippen LogP contribution in [-0.2, 0) is 42.2 Å². The molecular weight excluding hydrogens is 564 g/mol. The van der Waals surface area contributed by atoms with Crippen LogP contribution in [-0.4, -0.2) is 143 Å². The second kappa shape index (κ2) is 20.5. The van der Waals surface area contributed by atoms with Crippen LogP contribution >= 0.6 is 0 Å². The van der Waals surface area contributed by atoms with Crippen molar-refractivity contribution in [3.63, 3.8) is 0 Å². The SMILES string of the molecule is C#CCN1CCS(=O)(=O)CC1.NCCOCCn1cc(CN2CCS(=O)(=O)CC2)nn1.[N-]=[N+]=NCCOCCN. The van der Waals surface area contributed by atoms with Gasteiger partial charge in [0.05, 0.1) is 68.2 Å². The van der Waals surface area contributed by atoms with Gasteiger partial charge < -0.3 is 20.9 Å². The summed E-state index contributed by atoms with van der Waals surface area (Å²) in [6.07, 6.45) is 6.96. The molecule has 2 fully saturated rings. The minimum Gasteiger partial charge on any atom is -0.380 e. The third-order valence-electron chi connectivity index (χ3n) is 5.55. The number of rotatable bonds is 13. The highest BCUT2D eigenvalue weighted by atomic mass is 32.2. The number of hydrogen-bond acceptors (Lipinski definition) is 13. The topological polar surface area (TPSA) is 225 Å². The van der Waals surface area contributed by atoms with Gasteiger partial charge in [0.15, 0.2) is 19.7 Å². The summed E-state index contributed by atoms with van der Waals surface area (Å²) < 4.78 is 56.4. The lowest BCUT2D eigenvalue weighted by molar-refractivity contribution is 0.130. The van der Waals surface area contributed by atoms with Crippen LogP contribution in [0.3, 0.4) is 0 Å². The summed E-state index contributed by atoms with van der Waals surface area (Å²) in [5.74, 6) is 3.47. The monoisotopic (exact) mass is 606 g/mol. The Morgan fingerprint density at radius 3 is 2.02 bits per heavy atom. The first-order valence-corrected chi connectivity index (χ1v) is 16.5. The van der Waals surface area contributed by atoms with E-state index >= 15 is 0 Å². The zero-order chi connectivity index (χ0) is 29.7. The fraction of sp³-hybridized carbons (Fsp3) is 0.818. The van der Waals surface area contributed by atoms with Crippen molar-refractivity contribution in [1.82, 2.24) is 24.8 Å². The summed E-state index contributed by atoms with van der Waals surface area (Å²) >= 11 is 0. The average molecular weight is 607 g/mol. The molecule has 18 heteroatoms. The number of ether oxygens (including phenoxy) is 2. The molecule has 0 saturated carbocycles. The van der Waals surface area contributed by atoms with Gasteiger partial charge in [-0.3, -0.25) is 9.80 Å². The molecule has 2 aliphatic heterocycles. The quantitative estimate of drug-likeness (QED) is 0.0826. The Bertz CT molecular complexity index is 1110. The van der Waals surface area contributed by atoms with E-state index in [4.69, 9.17) is 32.9 Å². The van der Waals surface area contributed by atoms with Gasteiger partial charge >= 0.3 is 0 Å². The third kappa shape index (κ3) is 17.4. The molecule has 0 unspecified atom stereocenters. The second-order valence-corrected chi connectivity index (χ2v) is 13.4. The predicted molar refractivity (Wildman–Crippen MR) is 152 cm³/mol. The minimum atomic E-state index is -2.83. The van der Waals surface area contributed by atoms with Gasteiger partial charge in [-0.2, -0.15) is 0 Å². The molecule has 2 saturated heterocycles. The van der Waals surface area contributed by atoms with Crippen LogP contribution in [0.2, 0.25) is 0 Å². The Morgan fingerprint density at radius 2 is 1.50 bits per heavy atom. The molecule has 40 heavy (non-hydrogen) atoms. The van der Waals surface area contributed by atoms with E-state index in [2.05, 4.69) is 31.2 Å². The van der Waals surface area contributed by atoms with Crippen LogP contribution in [0, 0.1) is 12.3 Å². The van der Waals surface area contributed by atoms with E-state index < -0.39 is 19.7 Å². The maximum atomic E-state index is 11.3. The standard InChI is InChI=1S/C11H21N5O3S.C7H11NO2S.C4H10N4O/c12-1-5-19-6-2-16-10-11(13-14-16)9-15-3-7-20(17,18)8-4-15;1-2-3-8-4-6-11(9,10)7-5-8;5-1-3-9-4-2-7-8-6/h10H,1-9,12H2;1H,3-7H2;1-5H2. The van der Waals surface area contributed by atoms with Crippen molar-refractivity contribution in [3.8, 4) is 12.3 Å². The number of nitrogens with zero attached hydrogens (tertiary/aromatic N) is 8. The first-order chi connectivity index (χ1) is 19.1. The second-order valence-electron chi connectivity index (χ2n) is 8.79. The number of terminal acetylenes is 1. The first-order valence-electron chi connectivity index (χ1n) is 12.9. The lowest BCUT2D eigenvalue weighted by atomic mass is 10.4. The van der Waals surface area contributed by atoms with Gasteiger partial charge in [-0.05, 0) is 5.53 Å². The van der Waals surface area contributed by atoms with Gasteiger partial charge in [-0.15, -0.1) is 11.5 Å². The average Bonchev–Trinajstić information content (AvgIpc) is 3.37. The van der Waals surface area contributed by atoms with Crippen molar-refractivity contribution < 1.29 is 26.3 Å². The summed E-state index contributed by atoms with van der Waals surface area (Å²) in [7, 11) is -5.57. The molecule has 4 N–H and O–H groups in total. The summed E-state index contributed by atoms with van der Waals surface area (Å²) in [5, 5.41) is 11.4. The van der Waals surface area contributed by atoms with Gasteiger partial charge in [0, 0.05) is 63.5 Å². The molecule has 0 atom stereocenters. The van der Waals surface area contributed by atoms with Crippen LogP contribution < -0.4 is 11.5 Å². The molecule has 0 bridgehead atoms. The molecule has 1 aromatic heterocycles. The molecule has 3 heterocycles. The zero-order valence-electron chi connectivity index (χ0n) is 22.9. The molecule has 2 aliphatic rings. The Balaban J connectivity index is 0.000000337. The van der Waals surface area contributed by atoms with Crippen LogP contribution in [0.1, 0.15) is 5.69 Å². The Morgan fingerprint density at radius 1 is 0.950 bits per heavy atom. The highest BCUT2D eigenvalue weighted by Gasteiger charge is 2.22. The van der Waals surface area contributed by atoms with Gasteiger partial charge in [0.2, 0.25) is 0 Å². The van der Waals surface area contributed by atoms with Crippen LogP contribution in [0.15, 0.2) is 11.3 Å². The summed E-state index contributed by atoms with van der Waals surface area (Å²) in [6.45, 7) is 7.65. The molecule has 0 spiro atoms. The molecule has 0 aliphatic carbocycles. The minimum absolute atomic E-state index is 0.230. The van der Waals surface area contributed by atoms with E-state index in [0.717, 1.165) is 5.69 Å². The van der Waals surface area contributed by atoms with E-state index in [1.54, 1.807) is 4.68 Å². The maximum absolute atomic E-state index is 11.3. The van der Waals surface area contributed by atoms with E-state index in [1.807, 2.05) is 11.1 Å². The van der Waals surface area contributed by atoms with Crippen molar-refractivity contribution >= 4 is 19.7 Å². The van der Waals surface area contributed by atoms with Crippen LogP contribution in [0.5, 0.6) is 0 Å². The number of aromatic nitrogens is 3. The van der Waals surface area contributed by atoms with Crippen molar-refractivity contribution in [2.24, 2.45) is 16.6 Å². The van der Waals surface area contributed by atoms with Gasteiger partial charge in [0.25, 0.3) is 0 Å². The smallest absolute Gasteiger partial charge is 0.152 e.